The zero-order valence-corrected chi connectivity index (χ0v) is 18.3. The maximum absolute atomic E-state index is 5.73. The maximum atomic E-state index is 5.73. The number of nitrogens with zero attached hydrogens (tertiary/aromatic N) is 2. The summed E-state index contributed by atoms with van der Waals surface area (Å²) in [4.78, 5) is 6.40. The van der Waals surface area contributed by atoms with Crippen LogP contribution in [0.2, 0.25) is 0 Å². The lowest BCUT2D eigenvalue weighted by molar-refractivity contribution is 0.0298. The number of hydrogen-bond acceptors (Lipinski definition) is 5. The second-order valence-electron chi connectivity index (χ2n) is 7.73. The Hall–Kier alpha value is -0.590. The molecule has 27 heavy (non-hydrogen) atoms. The summed E-state index contributed by atoms with van der Waals surface area (Å²) in [6, 6.07) is 8.97. The number of rotatable bonds is 13. The number of piperazine rings is 1. The van der Waals surface area contributed by atoms with Crippen LogP contribution in [-0.4, -0.2) is 75.2 Å². The molecule has 1 saturated heterocycles. The molecule has 0 bridgehead atoms. The topological polar surface area (TPSA) is 24.9 Å². The maximum Gasteiger partial charge on any atom is 0.0701 e. The summed E-state index contributed by atoms with van der Waals surface area (Å²) in [6.45, 7) is 14.3. The van der Waals surface area contributed by atoms with Gasteiger partial charge in [-0.15, -0.1) is 11.8 Å². The monoisotopic (exact) mass is 394 g/mol. The fraction of sp³-hybridized carbons (Fsp3) is 0.727. The van der Waals surface area contributed by atoms with E-state index in [1.807, 2.05) is 0 Å². The lowest BCUT2D eigenvalue weighted by atomic mass is 10.1. The fourth-order valence-electron chi connectivity index (χ4n) is 3.27. The van der Waals surface area contributed by atoms with E-state index in [1.54, 1.807) is 11.8 Å². The summed E-state index contributed by atoms with van der Waals surface area (Å²) in [5.74, 6) is 0.769. The second kappa shape index (κ2) is 13.6. The minimum absolute atomic E-state index is 0.716. The van der Waals surface area contributed by atoms with E-state index in [0.29, 0.717) is 6.61 Å². The highest BCUT2D eigenvalue weighted by molar-refractivity contribution is 7.98. The van der Waals surface area contributed by atoms with Crippen molar-refractivity contribution < 1.29 is 9.47 Å². The Labute approximate surface area is 170 Å². The van der Waals surface area contributed by atoms with Crippen LogP contribution in [0.15, 0.2) is 29.2 Å². The molecule has 1 aliphatic rings. The van der Waals surface area contributed by atoms with Gasteiger partial charge < -0.3 is 9.47 Å². The summed E-state index contributed by atoms with van der Waals surface area (Å²) >= 11 is 1.80. The van der Waals surface area contributed by atoms with E-state index in [1.165, 1.54) is 16.9 Å². The number of thioether (sulfide) groups is 1. The normalized spacial score (nSPS) is 16.3. The average Bonchev–Trinajstić information content (AvgIpc) is 2.68. The molecule has 0 N–H and O–H groups in total. The van der Waals surface area contributed by atoms with Crippen molar-refractivity contribution in [2.24, 2.45) is 5.92 Å². The highest BCUT2D eigenvalue weighted by Crippen LogP contribution is 2.16. The molecule has 5 heteroatoms. The Bertz CT molecular complexity index is 488. The van der Waals surface area contributed by atoms with Crippen molar-refractivity contribution in [3.05, 3.63) is 29.8 Å². The van der Waals surface area contributed by atoms with E-state index in [0.717, 1.165) is 71.4 Å². The van der Waals surface area contributed by atoms with Gasteiger partial charge >= 0.3 is 0 Å². The molecule has 154 valence electrons. The zero-order chi connectivity index (χ0) is 19.3. The van der Waals surface area contributed by atoms with Crippen LogP contribution in [0, 0.1) is 5.92 Å². The third kappa shape index (κ3) is 9.95. The number of ether oxygens (including phenoxy) is 2. The first-order chi connectivity index (χ1) is 13.2. The van der Waals surface area contributed by atoms with Crippen LogP contribution in [0.5, 0.6) is 0 Å². The van der Waals surface area contributed by atoms with Gasteiger partial charge in [-0.1, -0.05) is 26.0 Å². The quantitative estimate of drug-likeness (QED) is 0.372. The van der Waals surface area contributed by atoms with Crippen molar-refractivity contribution in [3.8, 4) is 0 Å². The van der Waals surface area contributed by atoms with Gasteiger partial charge in [0.05, 0.1) is 19.8 Å². The standard InChI is InChI=1S/C22H38N2O2S/c1-20(2)5-4-15-25-17-18-26-16-14-23-10-12-24(13-11-23)19-21-6-8-22(27-3)9-7-21/h6-9,20H,4-5,10-19H2,1-3H3. The first-order valence-corrected chi connectivity index (χ1v) is 11.6. The Morgan fingerprint density at radius 2 is 1.52 bits per heavy atom. The largest absolute Gasteiger partial charge is 0.379 e. The summed E-state index contributed by atoms with van der Waals surface area (Å²) in [6.07, 6.45) is 4.53. The van der Waals surface area contributed by atoms with Crippen molar-refractivity contribution >= 4 is 11.8 Å². The van der Waals surface area contributed by atoms with Gasteiger partial charge in [-0.05, 0) is 42.7 Å². The van der Waals surface area contributed by atoms with Gasteiger partial charge in [0, 0.05) is 50.8 Å². The van der Waals surface area contributed by atoms with Crippen molar-refractivity contribution in [2.75, 3.05) is 65.4 Å². The molecule has 0 atom stereocenters. The van der Waals surface area contributed by atoms with Crippen LogP contribution in [-0.2, 0) is 16.0 Å². The SMILES string of the molecule is CSc1ccc(CN2CCN(CCOCCOCCCC(C)C)CC2)cc1. The summed E-state index contributed by atoms with van der Waals surface area (Å²) in [5, 5.41) is 0. The Balaban J connectivity index is 1.46. The van der Waals surface area contributed by atoms with Gasteiger partial charge in [0.25, 0.3) is 0 Å². The number of benzene rings is 1. The molecule has 0 aromatic heterocycles. The van der Waals surface area contributed by atoms with Gasteiger partial charge in [0.15, 0.2) is 0 Å². The van der Waals surface area contributed by atoms with Crippen LogP contribution < -0.4 is 0 Å². The zero-order valence-electron chi connectivity index (χ0n) is 17.5. The third-order valence-corrected chi connectivity index (χ3v) is 5.77. The molecular formula is C22H38N2O2S. The smallest absolute Gasteiger partial charge is 0.0701 e. The molecule has 0 unspecified atom stereocenters. The molecule has 1 aromatic carbocycles. The van der Waals surface area contributed by atoms with Crippen molar-refractivity contribution in [2.45, 2.75) is 38.1 Å². The summed E-state index contributed by atoms with van der Waals surface area (Å²) in [5.41, 5.74) is 1.41. The fourth-order valence-corrected chi connectivity index (χ4v) is 3.68. The molecule has 1 heterocycles. The van der Waals surface area contributed by atoms with Gasteiger partial charge in [-0.25, -0.2) is 0 Å². The first kappa shape index (κ1) is 22.7. The van der Waals surface area contributed by atoms with Crippen molar-refractivity contribution in [1.29, 1.82) is 0 Å². The minimum Gasteiger partial charge on any atom is -0.379 e. The lowest BCUT2D eigenvalue weighted by Gasteiger charge is -2.34. The molecule has 1 aromatic rings. The molecule has 1 fully saturated rings. The molecule has 0 aliphatic carbocycles. The summed E-state index contributed by atoms with van der Waals surface area (Å²) in [7, 11) is 0. The Morgan fingerprint density at radius 3 is 2.15 bits per heavy atom. The van der Waals surface area contributed by atoms with Gasteiger partial charge in [-0.2, -0.15) is 0 Å². The molecule has 0 radical (unpaired) electrons. The molecule has 1 aliphatic heterocycles. The molecule has 0 amide bonds. The van der Waals surface area contributed by atoms with E-state index in [2.05, 4.69) is 54.2 Å². The van der Waals surface area contributed by atoms with E-state index in [-0.39, 0.29) is 0 Å². The predicted molar refractivity (Wildman–Crippen MR) is 116 cm³/mol. The highest BCUT2D eigenvalue weighted by Gasteiger charge is 2.16. The van der Waals surface area contributed by atoms with Gasteiger partial charge in [0.2, 0.25) is 0 Å². The van der Waals surface area contributed by atoms with Gasteiger partial charge in [0.1, 0.15) is 0 Å². The van der Waals surface area contributed by atoms with Crippen molar-refractivity contribution in [1.82, 2.24) is 9.80 Å². The van der Waals surface area contributed by atoms with Crippen LogP contribution in [0.3, 0.4) is 0 Å². The van der Waals surface area contributed by atoms with Gasteiger partial charge in [-0.3, -0.25) is 9.80 Å². The number of hydrogen-bond donors (Lipinski definition) is 0. The van der Waals surface area contributed by atoms with E-state index in [4.69, 9.17) is 9.47 Å². The molecule has 4 nitrogen and oxygen atoms in total. The summed E-state index contributed by atoms with van der Waals surface area (Å²) < 4.78 is 11.3. The van der Waals surface area contributed by atoms with Crippen LogP contribution in [0.25, 0.3) is 0 Å². The average molecular weight is 395 g/mol. The molecule has 0 spiro atoms. The van der Waals surface area contributed by atoms with Crippen LogP contribution in [0.1, 0.15) is 32.3 Å². The molecular weight excluding hydrogens is 356 g/mol. The highest BCUT2D eigenvalue weighted by atomic mass is 32.2. The molecule has 2 rings (SSSR count). The molecule has 0 saturated carbocycles. The van der Waals surface area contributed by atoms with Crippen LogP contribution >= 0.6 is 11.8 Å². The van der Waals surface area contributed by atoms with Crippen molar-refractivity contribution in [3.63, 3.8) is 0 Å². The van der Waals surface area contributed by atoms with E-state index < -0.39 is 0 Å². The Morgan fingerprint density at radius 1 is 0.889 bits per heavy atom. The van der Waals surface area contributed by atoms with E-state index >= 15 is 0 Å². The Kier molecular flexibility index (Phi) is 11.4. The van der Waals surface area contributed by atoms with Crippen LogP contribution in [0.4, 0.5) is 0 Å². The second-order valence-corrected chi connectivity index (χ2v) is 8.61. The third-order valence-electron chi connectivity index (χ3n) is 5.02. The van der Waals surface area contributed by atoms with E-state index in [9.17, 15) is 0 Å². The predicted octanol–water partition coefficient (Wildman–Crippen LogP) is 4.00. The lowest BCUT2D eigenvalue weighted by Crippen LogP contribution is -2.46. The first-order valence-electron chi connectivity index (χ1n) is 10.4. The minimum atomic E-state index is 0.716.